The normalized spacial score (nSPS) is 33.4. The second-order valence-electron chi connectivity index (χ2n) is 6.21. The van der Waals surface area contributed by atoms with Gasteiger partial charge in [-0.15, -0.1) is 0 Å². The van der Waals surface area contributed by atoms with Gasteiger partial charge in [0.2, 0.25) is 0 Å². The topological polar surface area (TPSA) is 114 Å². The first-order valence-electron chi connectivity index (χ1n) is 8.05. The maximum absolute atomic E-state index is 12.6. The Morgan fingerprint density at radius 1 is 0.960 bits per heavy atom. The van der Waals surface area contributed by atoms with Crippen LogP contribution in [0, 0.1) is 0 Å². The van der Waals surface area contributed by atoms with Crippen molar-refractivity contribution < 1.29 is 30.0 Å². The van der Waals surface area contributed by atoms with Gasteiger partial charge in [0.15, 0.2) is 12.4 Å². The lowest BCUT2D eigenvalue weighted by molar-refractivity contribution is -0.278. The molecule has 2 aliphatic rings. The van der Waals surface area contributed by atoms with E-state index >= 15 is 0 Å². The standard InChI is InChI=1S/C16H21ClN2O6/c17-9-1-3-10(4-2-9)18-5-7-19(8-6-18)15(23)14-12(21)11(20)13(22)16(24)25-14/h1-4,11-14,16,20-22,24H,5-8H2/t11-,12-,13+,14-,16?/m0/s1. The van der Waals surface area contributed by atoms with Crippen LogP contribution in [0.3, 0.4) is 0 Å². The number of nitrogens with zero attached hydrogens (tertiary/aromatic N) is 2. The maximum atomic E-state index is 12.6. The van der Waals surface area contributed by atoms with Crippen LogP contribution in [0.1, 0.15) is 0 Å². The Bertz CT molecular complexity index is 607. The molecule has 0 bridgehead atoms. The molecular weight excluding hydrogens is 352 g/mol. The van der Waals surface area contributed by atoms with E-state index in [0.717, 1.165) is 5.69 Å². The molecular formula is C16H21ClN2O6. The summed E-state index contributed by atoms with van der Waals surface area (Å²) in [6.07, 6.45) is -8.02. The van der Waals surface area contributed by atoms with Gasteiger partial charge in [0.05, 0.1) is 0 Å². The Kier molecular flexibility index (Phi) is 5.47. The third kappa shape index (κ3) is 3.74. The number of anilines is 1. The summed E-state index contributed by atoms with van der Waals surface area (Å²) in [5.74, 6) is -0.520. The van der Waals surface area contributed by atoms with Crippen LogP contribution in [-0.4, -0.2) is 88.1 Å². The molecule has 0 radical (unpaired) electrons. The van der Waals surface area contributed by atoms with E-state index in [9.17, 15) is 25.2 Å². The zero-order chi connectivity index (χ0) is 18.1. The van der Waals surface area contributed by atoms with Gasteiger partial charge < -0.3 is 35.0 Å². The minimum Gasteiger partial charge on any atom is -0.387 e. The van der Waals surface area contributed by atoms with Gasteiger partial charge in [-0.05, 0) is 24.3 Å². The first kappa shape index (κ1) is 18.4. The van der Waals surface area contributed by atoms with Crippen molar-refractivity contribution in [3.8, 4) is 0 Å². The molecule has 0 aliphatic carbocycles. The van der Waals surface area contributed by atoms with E-state index in [1.807, 2.05) is 12.1 Å². The molecule has 5 atom stereocenters. The first-order chi connectivity index (χ1) is 11.9. The molecule has 3 rings (SSSR count). The van der Waals surface area contributed by atoms with E-state index in [1.165, 1.54) is 4.90 Å². The zero-order valence-corrected chi connectivity index (χ0v) is 14.2. The van der Waals surface area contributed by atoms with E-state index in [2.05, 4.69) is 4.90 Å². The summed E-state index contributed by atoms with van der Waals surface area (Å²) in [7, 11) is 0. The molecule has 2 heterocycles. The molecule has 1 aromatic carbocycles. The van der Waals surface area contributed by atoms with E-state index in [-0.39, 0.29) is 0 Å². The van der Waals surface area contributed by atoms with Crippen molar-refractivity contribution >= 4 is 23.2 Å². The average molecular weight is 373 g/mol. The number of carbonyl (C=O) groups is 1. The lowest BCUT2D eigenvalue weighted by Crippen LogP contribution is -2.63. The minimum absolute atomic E-state index is 0.406. The summed E-state index contributed by atoms with van der Waals surface area (Å²) in [6.45, 7) is 1.99. The van der Waals surface area contributed by atoms with Gasteiger partial charge in [-0.1, -0.05) is 11.6 Å². The number of amides is 1. The highest BCUT2D eigenvalue weighted by Gasteiger charge is 2.47. The van der Waals surface area contributed by atoms with E-state index in [0.29, 0.717) is 31.2 Å². The van der Waals surface area contributed by atoms with Crippen LogP contribution in [0.25, 0.3) is 0 Å². The van der Waals surface area contributed by atoms with E-state index in [1.54, 1.807) is 12.1 Å². The molecule has 0 saturated carbocycles. The number of benzene rings is 1. The predicted molar refractivity (Wildman–Crippen MR) is 89.1 cm³/mol. The van der Waals surface area contributed by atoms with Crippen LogP contribution < -0.4 is 4.90 Å². The molecule has 2 aliphatic heterocycles. The lowest BCUT2D eigenvalue weighted by atomic mass is 9.98. The molecule has 2 saturated heterocycles. The molecule has 0 spiro atoms. The fourth-order valence-corrected chi connectivity index (χ4v) is 3.21. The van der Waals surface area contributed by atoms with Crippen molar-refractivity contribution in [2.24, 2.45) is 0 Å². The second-order valence-corrected chi connectivity index (χ2v) is 6.64. The van der Waals surface area contributed by atoms with Crippen LogP contribution in [0.2, 0.25) is 5.02 Å². The van der Waals surface area contributed by atoms with Crippen molar-refractivity contribution in [1.82, 2.24) is 4.90 Å². The van der Waals surface area contributed by atoms with Crippen LogP contribution in [0.4, 0.5) is 5.69 Å². The molecule has 8 nitrogen and oxygen atoms in total. The Hall–Kier alpha value is -1.42. The van der Waals surface area contributed by atoms with Gasteiger partial charge in [-0.25, -0.2) is 0 Å². The fraction of sp³-hybridized carbons (Fsp3) is 0.562. The molecule has 0 aromatic heterocycles. The number of halogens is 1. The monoisotopic (exact) mass is 372 g/mol. The smallest absolute Gasteiger partial charge is 0.254 e. The summed E-state index contributed by atoms with van der Waals surface area (Å²) >= 11 is 5.88. The number of rotatable bonds is 2. The summed E-state index contributed by atoms with van der Waals surface area (Å²) in [5, 5.41) is 39.4. The quantitative estimate of drug-likeness (QED) is 0.515. The Morgan fingerprint density at radius 3 is 2.16 bits per heavy atom. The molecule has 138 valence electrons. The first-order valence-corrected chi connectivity index (χ1v) is 8.43. The average Bonchev–Trinajstić information content (AvgIpc) is 2.63. The fourth-order valence-electron chi connectivity index (χ4n) is 3.08. The van der Waals surface area contributed by atoms with E-state index < -0.39 is 36.6 Å². The lowest BCUT2D eigenvalue weighted by Gasteiger charge is -2.42. The number of piperazine rings is 1. The largest absolute Gasteiger partial charge is 0.387 e. The summed E-state index contributed by atoms with van der Waals surface area (Å²) in [6, 6.07) is 7.41. The van der Waals surface area contributed by atoms with Gasteiger partial charge in [-0.2, -0.15) is 0 Å². The summed E-state index contributed by atoms with van der Waals surface area (Å²) in [5.41, 5.74) is 0.999. The van der Waals surface area contributed by atoms with Crippen molar-refractivity contribution in [3.05, 3.63) is 29.3 Å². The third-order valence-electron chi connectivity index (χ3n) is 4.61. The van der Waals surface area contributed by atoms with Gasteiger partial charge in [0, 0.05) is 36.9 Å². The van der Waals surface area contributed by atoms with Gasteiger partial charge in [0.1, 0.15) is 18.3 Å². The molecule has 9 heteroatoms. The summed E-state index contributed by atoms with van der Waals surface area (Å²) in [4.78, 5) is 16.2. The third-order valence-corrected chi connectivity index (χ3v) is 4.87. The molecule has 1 aromatic rings. The highest BCUT2D eigenvalue weighted by molar-refractivity contribution is 6.30. The van der Waals surface area contributed by atoms with Crippen molar-refractivity contribution in [1.29, 1.82) is 0 Å². The number of aliphatic hydroxyl groups excluding tert-OH is 4. The molecule has 1 amide bonds. The number of hydrogen-bond acceptors (Lipinski definition) is 7. The highest BCUT2D eigenvalue weighted by atomic mass is 35.5. The number of ether oxygens (including phenoxy) is 1. The van der Waals surface area contributed by atoms with Crippen molar-refractivity contribution in [2.75, 3.05) is 31.1 Å². The number of carbonyl (C=O) groups excluding carboxylic acids is 1. The highest BCUT2D eigenvalue weighted by Crippen LogP contribution is 2.23. The molecule has 4 N–H and O–H groups in total. The molecule has 2 fully saturated rings. The van der Waals surface area contributed by atoms with E-state index in [4.69, 9.17) is 16.3 Å². The van der Waals surface area contributed by atoms with Crippen molar-refractivity contribution in [3.63, 3.8) is 0 Å². The molecule has 25 heavy (non-hydrogen) atoms. The van der Waals surface area contributed by atoms with Crippen molar-refractivity contribution in [2.45, 2.75) is 30.7 Å². The van der Waals surface area contributed by atoms with Crippen LogP contribution in [-0.2, 0) is 9.53 Å². The van der Waals surface area contributed by atoms with Crippen LogP contribution in [0.15, 0.2) is 24.3 Å². The Labute approximate surface area is 149 Å². The zero-order valence-electron chi connectivity index (χ0n) is 13.4. The van der Waals surface area contributed by atoms with Gasteiger partial charge >= 0.3 is 0 Å². The Morgan fingerprint density at radius 2 is 1.56 bits per heavy atom. The SMILES string of the molecule is O=C([C@H]1OC(O)[C@H](O)[C@@H](O)[C@@H]1O)N1CCN(c2ccc(Cl)cc2)CC1. The van der Waals surface area contributed by atoms with Gasteiger partial charge in [0.25, 0.3) is 5.91 Å². The summed E-state index contributed by atoms with van der Waals surface area (Å²) < 4.78 is 5.00. The predicted octanol–water partition coefficient (Wildman–Crippen LogP) is -1.21. The van der Waals surface area contributed by atoms with Crippen LogP contribution >= 0.6 is 11.6 Å². The molecule has 1 unspecified atom stereocenters. The van der Waals surface area contributed by atoms with Crippen LogP contribution in [0.5, 0.6) is 0 Å². The second kappa shape index (κ2) is 7.45. The Balaban J connectivity index is 1.60. The minimum atomic E-state index is -1.72. The number of aliphatic hydroxyl groups is 4. The number of hydrogen-bond donors (Lipinski definition) is 4. The maximum Gasteiger partial charge on any atom is 0.254 e. The van der Waals surface area contributed by atoms with Gasteiger partial charge in [-0.3, -0.25) is 4.79 Å².